The molecular weight excluding hydrogens is 776 g/mol. The number of carbonyl (C=O) groups is 2. The molecule has 0 bridgehead atoms. The van der Waals surface area contributed by atoms with Gasteiger partial charge in [0.25, 0.3) is 0 Å². The summed E-state index contributed by atoms with van der Waals surface area (Å²) < 4.78 is 84.9. The highest BCUT2D eigenvalue weighted by molar-refractivity contribution is 7.94. The van der Waals surface area contributed by atoms with Gasteiger partial charge in [0.2, 0.25) is 11.8 Å². The lowest BCUT2D eigenvalue weighted by Gasteiger charge is -2.23. The van der Waals surface area contributed by atoms with E-state index in [9.17, 15) is 39.6 Å². The van der Waals surface area contributed by atoms with Crippen molar-refractivity contribution in [2.75, 3.05) is 10.6 Å². The predicted molar refractivity (Wildman–Crippen MR) is 188 cm³/mol. The van der Waals surface area contributed by atoms with E-state index in [2.05, 4.69) is 30.6 Å². The van der Waals surface area contributed by atoms with Gasteiger partial charge in [-0.1, -0.05) is 44.0 Å². The predicted octanol–water partition coefficient (Wildman–Crippen LogP) is 7.02. The first-order valence-electron chi connectivity index (χ1n) is 14.6. The van der Waals surface area contributed by atoms with Crippen molar-refractivity contribution in [2.24, 2.45) is 0 Å². The van der Waals surface area contributed by atoms with Crippen LogP contribution in [0.2, 0.25) is 10.3 Å². The number of pyridine rings is 3. The third kappa shape index (κ3) is 9.59. The fourth-order valence-corrected chi connectivity index (χ4v) is 7.50. The number of amides is 2. The number of aromatic nitrogens is 4. The van der Waals surface area contributed by atoms with Crippen LogP contribution in [0.1, 0.15) is 59.7 Å². The third-order valence-electron chi connectivity index (χ3n) is 7.28. The van der Waals surface area contributed by atoms with E-state index < -0.39 is 52.7 Å². The lowest BCUT2D eigenvalue weighted by molar-refractivity contribution is -0.137. The minimum atomic E-state index is -4.57. The van der Waals surface area contributed by atoms with Crippen LogP contribution in [0.4, 0.5) is 24.1 Å². The Morgan fingerprint density at radius 3 is 1.51 bits per heavy atom. The zero-order chi connectivity index (χ0) is 38.8. The normalized spacial score (nSPS) is 12.8. The Kier molecular flexibility index (Phi) is 12.4. The number of alkyl halides is 3. The highest BCUT2D eigenvalue weighted by Gasteiger charge is 2.44. The maximum absolute atomic E-state index is 12.8. The minimum absolute atomic E-state index is 0.0634. The van der Waals surface area contributed by atoms with Gasteiger partial charge >= 0.3 is 6.18 Å². The number of nitrogens with one attached hydrogen (secondary N) is 2. The van der Waals surface area contributed by atoms with E-state index in [0.717, 1.165) is 44.1 Å². The molecule has 2 amide bonds. The van der Waals surface area contributed by atoms with Gasteiger partial charge in [0, 0.05) is 29.4 Å². The van der Waals surface area contributed by atoms with Gasteiger partial charge in [0.05, 0.1) is 21.0 Å². The van der Waals surface area contributed by atoms with Crippen molar-refractivity contribution >= 4 is 77.0 Å². The van der Waals surface area contributed by atoms with E-state index in [1.54, 1.807) is 0 Å². The summed E-state index contributed by atoms with van der Waals surface area (Å²) in [4.78, 5) is 40.0. The summed E-state index contributed by atoms with van der Waals surface area (Å²) in [7, 11) is -8.10. The molecule has 20 heteroatoms. The molecule has 0 unspecified atom stereocenters. The SMILES string of the molecule is CC(C)(C(=O)Nc1ccc(C(F)(F)F)cn1)S(=O)(=O)c1ccc(Cl)nc1.CC(C)(C)c1csc(NC(=O)C(C)(C)S(=O)(=O)c2ccc(Cl)nc2)n1. The lowest BCUT2D eigenvalue weighted by atomic mass is 9.93. The number of thiazole rings is 1. The van der Waals surface area contributed by atoms with Crippen LogP contribution in [0.25, 0.3) is 0 Å². The van der Waals surface area contributed by atoms with Crippen molar-refractivity contribution < 1.29 is 39.6 Å². The maximum Gasteiger partial charge on any atom is 0.417 e. The highest BCUT2D eigenvalue weighted by Crippen LogP contribution is 2.32. The monoisotopic (exact) mass is 808 g/mol. The molecule has 12 nitrogen and oxygen atoms in total. The molecule has 0 aliphatic heterocycles. The van der Waals surface area contributed by atoms with Crippen LogP contribution in [0.3, 0.4) is 0 Å². The molecule has 2 N–H and O–H groups in total. The Morgan fingerprint density at radius 1 is 0.686 bits per heavy atom. The van der Waals surface area contributed by atoms with Crippen LogP contribution >= 0.6 is 34.5 Å². The maximum atomic E-state index is 12.8. The van der Waals surface area contributed by atoms with E-state index in [-0.39, 0.29) is 31.3 Å². The van der Waals surface area contributed by atoms with Crippen LogP contribution in [0.5, 0.6) is 0 Å². The van der Waals surface area contributed by atoms with Crippen molar-refractivity contribution in [1.29, 1.82) is 0 Å². The van der Waals surface area contributed by atoms with Crippen LogP contribution in [0, 0.1) is 0 Å². The van der Waals surface area contributed by atoms with E-state index >= 15 is 0 Å². The largest absolute Gasteiger partial charge is 0.417 e. The van der Waals surface area contributed by atoms with Crippen molar-refractivity contribution in [3.05, 3.63) is 81.9 Å². The Labute approximate surface area is 307 Å². The van der Waals surface area contributed by atoms with E-state index in [0.29, 0.717) is 11.3 Å². The summed E-state index contributed by atoms with van der Waals surface area (Å²) >= 11 is 12.6. The van der Waals surface area contributed by atoms with Gasteiger partial charge in [-0.2, -0.15) is 13.2 Å². The van der Waals surface area contributed by atoms with Gasteiger partial charge in [-0.15, -0.1) is 11.3 Å². The first kappa shape index (κ1) is 41.7. The second-order valence-corrected chi connectivity index (χ2v) is 19.4. The molecule has 276 valence electrons. The van der Waals surface area contributed by atoms with Crippen molar-refractivity contribution in [3.8, 4) is 0 Å². The molecule has 4 rings (SSSR count). The van der Waals surface area contributed by atoms with E-state index in [1.165, 1.54) is 49.4 Å². The van der Waals surface area contributed by atoms with Gasteiger partial charge < -0.3 is 10.6 Å². The Balaban J connectivity index is 0.000000276. The molecule has 0 spiro atoms. The number of anilines is 2. The smallest absolute Gasteiger partial charge is 0.309 e. The van der Waals surface area contributed by atoms with Crippen molar-refractivity contribution in [1.82, 2.24) is 19.9 Å². The van der Waals surface area contributed by atoms with E-state index in [1.807, 2.05) is 26.2 Å². The highest BCUT2D eigenvalue weighted by atomic mass is 35.5. The first-order valence-corrected chi connectivity index (χ1v) is 19.2. The summed E-state index contributed by atoms with van der Waals surface area (Å²) in [6.45, 7) is 11.1. The fourth-order valence-electron chi connectivity index (χ4n) is 3.70. The molecule has 51 heavy (non-hydrogen) atoms. The third-order valence-corrected chi connectivity index (χ3v) is 13.3. The number of hydrogen-bond acceptors (Lipinski definition) is 11. The number of nitrogens with zero attached hydrogens (tertiary/aromatic N) is 4. The summed E-state index contributed by atoms with van der Waals surface area (Å²) in [5, 5.41) is 7.29. The number of rotatable bonds is 8. The zero-order valence-electron chi connectivity index (χ0n) is 28.1. The minimum Gasteiger partial charge on any atom is -0.309 e. The van der Waals surface area contributed by atoms with Crippen molar-refractivity contribution in [3.63, 3.8) is 0 Å². The molecule has 4 heterocycles. The summed E-state index contributed by atoms with van der Waals surface area (Å²) in [6.07, 6.45) is -1.86. The van der Waals surface area contributed by atoms with Gasteiger partial charge in [-0.3, -0.25) is 9.59 Å². The molecule has 4 aromatic rings. The Bertz CT molecular complexity index is 2100. The molecule has 0 saturated carbocycles. The molecule has 4 aromatic heterocycles. The molecule has 0 fully saturated rings. The molecule has 0 aromatic carbocycles. The topological polar surface area (TPSA) is 178 Å². The summed E-state index contributed by atoms with van der Waals surface area (Å²) in [6, 6.07) is 6.84. The van der Waals surface area contributed by atoms with Gasteiger partial charge in [0.1, 0.15) is 25.6 Å². The Hall–Kier alpha value is -3.71. The average Bonchev–Trinajstić information content (AvgIpc) is 3.51. The van der Waals surface area contributed by atoms with E-state index in [4.69, 9.17) is 23.2 Å². The molecule has 0 saturated heterocycles. The van der Waals surface area contributed by atoms with Crippen LogP contribution in [-0.4, -0.2) is 58.1 Å². The lowest BCUT2D eigenvalue weighted by Crippen LogP contribution is -2.44. The number of carbonyl (C=O) groups excluding carboxylic acids is 2. The van der Waals surface area contributed by atoms with Crippen LogP contribution in [0.15, 0.2) is 70.2 Å². The fraction of sp³-hybridized carbons (Fsp3) is 0.355. The van der Waals surface area contributed by atoms with Gasteiger partial charge in [-0.05, 0) is 64.1 Å². The quantitative estimate of drug-likeness (QED) is 0.176. The molecule has 0 atom stereocenters. The number of sulfone groups is 2. The average molecular weight is 810 g/mol. The van der Waals surface area contributed by atoms with Crippen LogP contribution in [-0.2, 0) is 40.9 Å². The number of hydrogen-bond donors (Lipinski definition) is 2. The summed E-state index contributed by atoms with van der Waals surface area (Å²) in [5.41, 5.74) is -0.319. The van der Waals surface area contributed by atoms with Gasteiger partial charge in [0.15, 0.2) is 24.8 Å². The van der Waals surface area contributed by atoms with Crippen molar-refractivity contribution in [2.45, 2.75) is 79.3 Å². The van der Waals surface area contributed by atoms with Crippen LogP contribution < -0.4 is 10.6 Å². The van der Waals surface area contributed by atoms with Gasteiger partial charge in [-0.25, -0.2) is 36.8 Å². The summed E-state index contributed by atoms with van der Waals surface area (Å²) in [5.74, 6) is -1.82. The Morgan fingerprint density at radius 2 is 1.16 bits per heavy atom. The zero-order valence-corrected chi connectivity index (χ0v) is 32.1. The molecule has 0 aliphatic carbocycles. The first-order chi connectivity index (χ1) is 23.2. The standard InChI is InChI=1S/C16H20ClN3O3S2.C15H13ClF3N3O3S/c1-15(2,3)11-9-24-14(19-11)20-13(21)16(4,5)25(22,23)10-6-7-12(17)18-8-10;1-14(2,26(24,25)10-4-5-11(16)20-8-10)13(23)22-12-6-3-9(7-21-12)15(17,18)19/h6-9H,1-5H3,(H,19,20,21);3-8H,1-2H3,(H,21,22,23). The second kappa shape index (κ2) is 15.1. The molecular formula is C31H33Cl2F3N6O6S3. The molecule has 0 aliphatic rings. The second-order valence-electron chi connectivity index (χ2n) is 12.8. The number of halogens is 5. The molecule has 0 radical (unpaired) electrons.